The molecule has 0 radical (unpaired) electrons. The van der Waals surface area contributed by atoms with Gasteiger partial charge in [0.05, 0.1) is 16.3 Å². The van der Waals surface area contributed by atoms with Gasteiger partial charge in [-0.3, -0.25) is 4.31 Å². The van der Waals surface area contributed by atoms with E-state index in [2.05, 4.69) is 0 Å². The van der Waals surface area contributed by atoms with Crippen LogP contribution < -0.4 is 10.0 Å². The molecular formula is C15H17FN2O2S. The van der Waals surface area contributed by atoms with Crippen LogP contribution in [0.5, 0.6) is 0 Å². The van der Waals surface area contributed by atoms with Gasteiger partial charge in [0.1, 0.15) is 5.82 Å². The first kappa shape index (κ1) is 15.3. The molecule has 0 saturated carbocycles. The van der Waals surface area contributed by atoms with E-state index in [0.717, 1.165) is 11.6 Å². The van der Waals surface area contributed by atoms with Crippen molar-refractivity contribution in [2.75, 3.05) is 16.6 Å². The number of rotatable bonds is 4. The lowest BCUT2D eigenvalue weighted by Gasteiger charge is -2.23. The fraction of sp³-hybridized carbons (Fsp3) is 0.200. The van der Waals surface area contributed by atoms with Gasteiger partial charge in [-0.05, 0) is 44.2 Å². The molecule has 0 unspecified atom stereocenters. The Balaban J connectivity index is 2.49. The Labute approximate surface area is 124 Å². The molecule has 4 nitrogen and oxygen atoms in total. The van der Waals surface area contributed by atoms with E-state index in [9.17, 15) is 12.8 Å². The molecule has 2 aromatic carbocycles. The van der Waals surface area contributed by atoms with Crippen LogP contribution in [0, 0.1) is 12.7 Å². The summed E-state index contributed by atoms with van der Waals surface area (Å²) in [4.78, 5) is -0.114. The van der Waals surface area contributed by atoms with Gasteiger partial charge < -0.3 is 5.73 Å². The molecule has 21 heavy (non-hydrogen) atoms. The first-order valence-corrected chi connectivity index (χ1v) is 7.94. The highest BCUT2D eigenvalue weighted by Crippen LogP contribution is 2.25. The van der Waals surface area contributed by atoms with Crippen molar-refractivity contribution in [1.29, 1.82) is 0 Å². The lowest BCUT2D eigenvalue weighted by Crippen LogP contribution is -2.30. The fourth-order valence-corrected chi connectivity index (χ4v) is 3.48. The van der Waals surface area contributed by atoms with Crippen molar-refractivity contribution in [3.8, 4) is 0 Å². The predicted octanol–water partition coefficient (Wildman–Crippen LogP) is 2.93. The summed E-state index contributed by atoms with van der Waals surface area (Å²) in [6, 6.07) is 10.6. The Hall–Kier alpha value is -2.08. The zero-order valence-corrected chi connectivity index (χ0v) is 12.7. The summed E-state index contributed by atoms with van der Waals surface area (Å²) in [6.07, 6.45) is 0. The molecule has 0 atom stereocenters. The van der Waals surface area contributed by atoms with E-state index in [4.69, 9.17) is 5.73 Å². The van der Waals surface area contributed by atoms with Gasteiger partial charge >= 0.3 is 0 Å². The Kier molecular flexibility index (Phi) is 4.18. The molecule has 0 amide bonds. The van der Waals surface area contributed by atoms with Crippen molar-refractivity contribution in [3.05, 3.63) is 53.8 Å². The van der Waals surface area contributed by atoms with Crippen LogP contribution in [-0.2, 0) is 10.0 Å². The second kappa shape index (κ2) is 5.73. The monoisotopic (exact) mass is 308 g/mol. The van der Waals surface area contributed by atoms with Crippen LogP contribution in [0.15, 0.2) is 47.4 Å². The first-order chi connectivity index (χ1) is 9.86. The van der Waals surface area contributed by atoms with E-state index < -0.39 is 15.8 Å². The minimum Gasteiger partial charge on any atom is -0.396 e. The maximum atomic E-state index is 13.5. The number of nitrogens with zero attached hydrogens (tertiary/aromatic N) is 1. The van der Waals surface area contributed by atoms with Crippen molar-refractivity contribution >= 4 is 21.4 Å². The second-order valence-corrected chi connectivity index (χ2v) is 6.55. The standard InChI is InChI=1S/C15H17FN2O2S/c1-3-18(12-6-4-11(2)5-7-12)21(19,20)13-8-9-15(17)14(16)10-13/h4-10H,3,17H2,1-2H3. The Morgan fingerprint density at radius 2 is 1.76 bits per heavy atom. The summed E-state index contributed by atoms with van der Waals surface area (Å²) < 4.78 is 40.0. The Bertz CT molecular complexity index is 743. The minimum atomic E-state index is -3.82. The van der Waals surface area contributed by atoms with Crippen LogP contribution in [0.4, 0.5) is 15.8 Å². The largest absolute Gasteiger partial charge is 0.396 e. The molecule has 0 heterocycles. The summed E-state index contributed by atoms with van der Waals surface area (Å²) in [5.41, 5.74) is 6.88. The van der Waals surface area contributed by atoms with E-state index in [1.165, 1.54) is 16.4 Å². The summed E-state index contributed by atoms with van der Waals surface area (Å²) in [6.45, 7) is 3.90. The summed E-state index contributed by atoms with van der Waals surface area (Å²) in [7, 11) is -3.82. The topological polar surface area (TPSA) is 63.4 Å². The Morgan fingerprint density at radius 3 is 2.29 bits per heavy atom. The zero-order chi connectivity index (χ0) is 15.6. The fourth-order valence-electron chi connectivity index (χ4n) is 2.00. The SMILES string of the molecule is CCN(c1ccc(C)cc1)S(=O)(=O)c1ccc(N)c(F)c1. The van der Waals surface area contributed by atoms with Gasteiger partial charge in [0.25, 0.3) is 10.0 Å². The van der Waals surface area contributed by atoms with E-state index in [-0.39, 0.29) is 17.1 Å². The molecule has 6 heteroatoms. The summed E-state index contributed by atoms with van der Waals surface area (Å²) in [5.74, 6) is -0.740. The number of hydrogen-bond donors (Lipinski definition) is 1. The smallest absolute Gasteiger partial charge is 0.264 e. The van der Waals surface area contributed by atoms with Crippen LogP contribution in [-0.4, -0.2) is 15.0 Å². The quantitative estimate of drug-likeness (QED) is 0.883. The molecule has 0 aliphatic heterocycles. The average Bonchev–Trinajstić information content (AvgIpc) is 2.44. The van der Waals surface area contributed by atoms with Crippen molar-refractivity contribution < 1.29 is 12.8 Å². The molecule has 0 aliphatic carbocycles. The van der Waals surface area contributed by atoms with Gasteiger partial charge in [-0.15, -0.1) is 0 Å². The molecule has 0 bridgehead atoms. The lowest BCUT2D eigenvalue weighted by molar-refractivity contribution is 0.588. The van der Waals surface area contributed by atoms with Crippen LogP contribution in [0.1, 0.15) is 12.5 Å². The van der Waals surface area contributed by atoms with Crippen LogP contribution in [0.2, 0.25) is 0 Å². The van der Waals surface area contributed by atoms with Crippen LogP contribution >= 0.6 is 0 Å². The normalized spacial score (nSPS) is 11.4. The molecule has 2 rings (SSSR count). The first-order valence-electron chi connectivity index (χ1n) is 6.50. The number of benzene rings is 2. The second-order valence-electron chi connectivity index (χ2n) is 4.69. The average molecular weight is 308 g/mol. The summed E-state index contributed by atoms with van der Waals surface area (Å²) >= 11 is 0. The van der Waals surface area contributed by atoms with Gasteiger partial charge in [0.15, 0.2) is 0 Å². The van der Waals surface area contributed by atoms with E-state index in [1.54, 1.807) is 19.1 Å². The number of nitrogens with two attached hydrogens (primary N) is 1. The third kappa shape index (κ3) is 3.00. The zero-order valence-electron chi connectivity index (χ0n) is 11.9. The number of anilines is 2. The van der Waals surface area contributed by atoms with Gasteiger partial charge in [0.2, 0.25) is 0 Å². The highest BCUT2D eigenvalue weighted by atomic mass is 32.2. The lowest BCUT2D eigenvalue weighted by atomic mass is 10.2. The highest BCUT2D eigenvalue weighted by molar-refractivity contribution is 7.92. The van der Waals surface area contributed by atoms with E-state index in [0.29, 0.717) is 5.69 Å². The summed E-state index contributed by atoms with van der Waals surface area (Å²) in [5, 5.41) is 0. The third-order valence-corrected chi connectivity index (χ3v) is 5.07. The number of hydrogen-bond acceptors (Lipinski definition) is 3. The molecule has 0 aromatic heterocycles. The maximum Gasteiger partial charge on any atom is 0.264 e. The van der Waals surface area contributed by atoms with E-state index in [1.807, 2.05) is 19.1 Å². The predicted molar refractivity (Wildman–Crippen MR) is 82.2 cm³/mol. The van der Waals surface area contributed by atoms with Crippen molar-refractivity contribution in [2.45, 2.75) is 18.7 Å². The maximum absolute atomic E-state index is 13.5. The molecular weight excluding hydrogens is 291 g/mol. The molecule has 0 aliphatic rings. The molecule has 2 N–H and O–H groups in total. The molecule has 0 spiro atoms. The number of nitrogen functional groups attached to an aromatic ring is 1. The van der Waals surface area contributed by atoms with E-state index >= 15 is 0 Å². The molecule has 112 valence electrons. The van der Waals surface area contributed by atoms with Crippen LogP contribution in [0.25, 0.3) is 0 Å². The van der Waals surface area contributed by atoms with Crippen LogP contribution in [0.3, 0.4) is 0 Å². The van der Waals surface area contributed by atoms with Gasteiger partial charge in [-0.2, -0.15) is 0 Å². The molecule has 2 aromatic rings. The molecule has 0 saturated heterocycles. The Morgan fingerprint density at radius 1 is 1.14 bits per heavy atom. The number of sulfonamides is 1. The number of aryl methyl sites for hydroxylation is 1. The van der Waals surface area contributed by atoms with Gasteiger partial charge in [-0.1, -0.05) is 17.7 Å². The van der Waals surface area contributed by atoms with Crippen molar-refractivity contribution in [2.24, 2.45) is 0 Å². The minimum absolute atomic E-state index is 0.0765. The highest BCUT2D eigenvalue weighted by Gasteiger charge is 2.24. The van der Waals surface area contributed by atoms with Crippen molar-refractivity contribution in [1.82, 2.24) is 0 Å². The van der Waals surface area contributed by atoms with Gasteiger partial charge in [-0.25, -0.2) is 12.8 Å². The molecule has 0 fully saturated rings. The van der Waals surface area contributed by atoms with Crippen molar-refractivity contribution in [3.63, 3.8) is 0 Å². The van der Waals surface area contributed by atoms with Gasteiger partial charge in [0, 0.05) is 6.54 Å². The third-order valence-electron chi connectivity index (χ3n) is 3.17. The number of halogens is 1.